The minimum atomic E-state index is -1.79. The molecule has 4 rings (SSSR count). The molecule has 2 heterocycles. The second-order valence-corrected chi connectivity index (χ2v) is 7.67. The molecular weight excluding hydrogens is 396 g/mol. The Labute approximate surface area is 179 Å². The molecule has 0 aliphatic carbocycles. The third kappa shape index (κ3) is 3.01. The molecule has 1 spiro atoms. The number of nitrogens with two attached hydrogens (primary N) is 1. The van der Waals surface area contributed by atoms with Crippen molar-refractivity contribution in [3.8, 4) is 0 Å². The van der Waals surface area contributed by atoms with Gasteiger partial charge >= 0.3 is 5.97 Å². The van der Waals surface area contributed by atoms with E-state index in [1.807, 2.05) is 0 Å². The number of ketones is 1. The van der Waals surface area contributed by atoms with Crippen LogP contribution in [0.25, 0.3) is 0 Å². The lowest BCUT2D eigenvalue weighted by molar-refractivity contribution is -0.144. The highest BCUT2D eigenvalue weighted by Gasteiger charge is 2.61. The molecule has 7 nitrogen and oxygen atoms in total. The number of esters is 1. The lowest BCUT2D eigenvalue weighted by atomic mass is 9.66. The summed E-state index contributed by atoms with van der Waals surface area (Å²) < 4.78 is 11.1. The maximum Gasteiger partial charge on any atom is 0.341 e. The number of anilines is 1. The van der Waals surface area contributed by atoms with E-state index >= 15 is 0 Å². The van der Waals surface area contributed by atoms with Gasteiger partial charge in [0.25, 0.3) is 0 Å². The van der Waals surface area contributed by atoms with E-state index in [1.165, 1.54) is 0 Å². The molecule has 1 amide bonds. The Hall–Kier alpha value is -3.87. The van der Waals surface area contributed by atoms with Gasteiger partial charge in [0.05, 0.1) is 11.7 Å². The monoisotopic (exact) mass is 418 g/mol. The van der Waals surface area contributed by atoms with E-state index < -0.39 is 29.2 Å². The Bertz CT molecular complexity index is 1160. The summed E-state index contributed by atoms with van der Waals surface area (Å²) in [5.41, 5.74) is 5.48. The van der Waals surface area contributed by atoms with Crippen LogP contribution in [0.4, 0.5) is 5.69 Å². The molecule has 2 aromatic rings. The third-order valence-corrected chi connectivity index (χ3v) is 5.34. The number of Topliss-reactive ketones (excluding diaryl/α,β-unsaturated/α-hetero) is 1. The summed E-state index contributed by atoms with van der Waals surface area (Å²) in [6, 6.07) is 15.4. The van der Waals surface area contributed by atoms with Crippen molar-refractivity contribution < 1.29 is 23.9 Å². The minimum Gasteiger partial charge on any atom is -0.459 e. The van der Waals surface area contributed by atoms with Gasteiger partial charge in [0.1, 0.15) is 16.7 Å². The molecule has 0 saturated carbocycles. The zero-order chi connectivity index (χ0) is 22.3. The van der Waals surface area contributed by atoms with E-state index in [1.54, 1.807) is 75.4 Å². The number of rotatable bonds is 4. The molecule has 0 saturated heterocycles. The molecule has 2 aliphatic rings. The first-order valence-electron chi connectivity index (χ1n) is 9.89. The summed E-state index contributed by atoms with van der Waals surface area (Å²) >= 11 is 0. The van der Waals surface area contributed by atoms with Crippen LogP contribution < -0.4 is 11.1 Å². The number of carbonyl (C=O) groups is 3. The highest BCUT2D eigenvalue weighted by atomic mass is 16.5. The Balaban J connectivity index is 2.04. The highest BCUT2D eigenvalue weighted by molar-refractivity contribution is 6.25. The topological polar surface area (TPSA) is 108 Å². The van der Waals surface area contributed by atoms with Crippen molar-refractivity contribution in [1.29, 1.82) is 0 Å². The molecule has 0 aromatic heterocycles. The van der Waals surface area contributed by atoms with Crippen LogP contribution in [0.5, 0.6) is 0 Å². The summed E-state index contributed by atoms with van der Waals surface area (Å²) in [5.74, 6) is -1.93. The number of hydrogen-bond donors (Lipinski definition) is 2. The maximum atomic E-state index is 13.7. The lowest BCUT2D eigenvalue weighted by Crippen LogP contribution is -2.48. The zero-order valence-electron chi connectivity index (χ0n) is 17.4. The average molecular weight is 418 g/mol. The fraction of sp³-hybridized carbons (Fsp3) is 0.208. The first-order chi connectivity index (χ1) is 14.8. The van der Waals surface area contributed by atoms with Gasteiger partial charge in [-0.05, 0) is 26.8 Å². The number of hydrogen-bond acceptors (Lipinski definition) is 6. The summed E-state index contributed by atoms with van der Waals surface area (Å²) in [5, 5.41) is 2.80. The molecule has 31 heavy (non-hydrogen) atoms. The number of para-hydroxylation sites is 1. The van der Waals surface area contributed by atoms with E-state index in [4.69, 9.17) is 15.2 Å². The molecule has 3 N–H and O–H groups in total. The largest absolute Gasteiger partial charge is 0.459 e. The molecular formula is C24H22N2O5. The summed E-state index contributed by atoms with van der Waals surface area (Å²) in [7, 11) is 0. The van der Waals surface area contributed by atoms with Gasteiger partial charge in [-0.15, -0.1) is 0 Å². The van der Waals surface area contributed by atoms with Gasteiger partial charge in [0.15, 0.2) is 5.78 Å². The predicted molar refractivity (Wildman–Crippen MR) is 114 cm³/mol. The van der Waals surface area contributed by atoms with Gasteiger partial charge in [0.2, 0.25) is 11.8 Å². The van der Waals surface area contributed by atoms with Crippen molar-refractivity contribution in [2.75, 3.05) is 5.32 Å². The smallest absolute Gasteiger partial charge is 0.341 e. The minimum absolute atomic E-state index is 0.0334. The summed E-state index contributed by atoms with van der Waals surface area (Å²) in [4.78, 5) is 40.5. The molecule has 2 aliphatic heterocycles. The number of amides is 1. The molecule has 158 valence electrons. The number of nitrogens with one attached hydrogen (secondary N) is 1. The standard InChI is InChI=1S/C24H22N2O5/c1-13(2)30-22(28)19-21(25)31-14(3)18(20(27)15-9-5-4-6-10-15)24(19)16-11-7-8-12-17(16)26-23(24)29/h4-13H,25H2,1-3H3,(H,26,29)/t24-/m1/s1. The maximum absolute atomic E-state index is 13.7. The van der Waals surface area contributed by atoms with Crippen molar-refractivity contribution in [2.24, 2.45) is 5.73 Å². The van der Waals surface area contributed by atoms with Crippen molar-refractivity contribution in [2.45, 2.75) is 32.3 Å². The third-order valence-electron chi connectivity index (χ3n) is 5.34. The van der Waals surface area contributed by atoms with Crippen LogP contribution >= 0.6 is 0 Å². The Kier molecular flexibility index (Phi) is 4.89. The number of allylic oxidation sites excluding steroid dienone is 1. The van der Waals surface area contributed by atoms with Crippen LogP contribution in [0.2, 0.25) is 0 Å². The SMILES string of the molecule is CC1=C(C(=O)c2ccccc2)[C@@]2(C(=O)Nc3ccccc32)C(C(=O)OC(C)C)=C(N)O1. The van der Waals surface area contributed by atoms with E-state index in [0.717, 1.165) is 0 Å². The van der Waals surface area contributed by atoms with Gasteiger partial charge in [-0.2, -0.15) is 0 Å². The average Bonchev–Trinajstić information content (AvgIpc) is 3.00. The van der Waals surface area contributed by atoms with Crippen LogP contribution in [-0.2, 0) is 24.5 Å². The summed E-state index contributed by atoms with van der Waals surface area (Å²) in [6.45, 7) is 4.93. The van der Waals surface area contributed by atoms with Crippen LogP contribution in [0.3, 0.4) is 0 Å². The van der Waals surface area contributed by atoms with Crippen LogP contribution in [0.1, 0.15) is 36.7 Å². The van der Waals surface area contributed by atoms with Crippen molar-refractivity contribution in [3.63, 3.8) is 0 Å². The number of ether oxygens (including phenoxy) is 2. The first kappa shape index (κ1) is 20.4. The molecule has 1 atom stereocenters. The van der Waals surface area contributed by atoms with Crippen LogP contribution in [0, 0.1) is 0 Å². The van der Waals surface area contributed by atoms with Gasteiger partial charge in [-0.25, -0.2) is 4.79 Å². The molecule has 0 radical (unpaired) electrons. The normalized spacial score (nSPS) is 19.9. The van der Waals surface area contributed by atoms with Gasteiger partial charge < -0.3 is 20.5 Å². The van der Waals surface area contributed by atoms with E-state index in [9.17, 15) is 14.4 Å². The Morgan fingerprint density at radius 2 is 1.68 bits per heavy atom. The quantitative estimate of drug-likeness (QED) is 0.583. The summed E-state index contributed by atoms with van der Waals surface area (Å²) in [6.07, 6.45) is -0.468. The fourth-order valence-electron chi connectivity index (χ4n) is 4.19. The molecule has 0 fully saturated rings. The second-order valence-electron chi connectivity index (χ2n) is 7.67. The first-order valence-corrected chi connectivity index (χ1v) is 9.89. The lowest BCUT2D eigenvalue weighted by Gasteiger charge is -2.36. The molecule has 2 aromatic carbocycles. The molecule has 7 heteroatoms. The van der Waals surface area contributed by atoms with Gasteiger partial charge in [-0.1, -0.05) is 48.5 Å². The Morgan fingerprint density at radius 1 is 1.03 bits per heavy atom. The molecule has 0 bridgehead atoms. The van der Waals surface area contributed by atoms with Crippen molar-refractivity contribution in [1.82, 2.24) is 0 Å². The number of benzene rings is 2. The van der Waals surface area contributed by atoms with Crippen molar-refractivity contribution >= 4 is 23.3 Å². The fourth-order valence-corrected chi connectivity index (χ4v) is 4.19. The molecule has 0 unspecified atom stereocenters. The highest BCUT2D eigenvalue weighted by Crippen LogP contribution is 2.52. The van der Waals surface area contributed by atoms with E-state index in [-0.39, 0.29) is 22.8 Å². The van der Waals surface area contributed by atoms with Gasteiger partial charge in [0, 0.05) is 16.8 Å². The van der Waals surface area contributed by atoms with Gasteiger partial charge in [-0.3, -0.25) is 9.59 Å². The number of carbonyl (C=O) groups excluding carboxylic acids is 3. The van der Waals surface area contributed by atoms with E-state index in [2.05, 4.69) is 5.32 Å². The second kappa shape index (κ2) is 7.43. The zero-order valence-corrected chi connectivity index (χ0v) is 17.4. The van der Waals surface area contributed by atoms with Crippen LogP contribution in [0.15, 0.2) is 77.4 Å². The number of fused-ring (bicyclic) bond motifs is 2. The van der Waals surface area contributed by atoms with Crippen LogP contribution in [-0.4, -0.2) is 23.8 Å². The predicted octanol–water partition coefficient (Wildman–Crippen LogP) is 3.19. The van der Waals surface area contributed by atoms with E-state index in [0.29, 0.717) is 16.8 Å². The Morgan fingerprint density at radius 3 is 2.35 bits per heavy atom. The van der Waals surface area contributed by atoms with Crippen molar-refractivity contribution in [3.05, 3.63) is 88.5 Å².